The van der Waals surface area contributed by atoms with Crippen LogP contribution in [0.5, 0.6) is 0 Å². The van der Waals surface area contributed by atoms with Gasteiger partial charge in [0, 0.05) is 48.3 Å². The average molecular weight is 661 g/mol. The molecule has 0 amide bonds. The molecule has 4 heteroatoms. The summed E-state index contributed by atoms with van der Waals surface area (Å²) >= 11 is 0. The van der Waals surface area contributed by atoms with Crippen molar-refractivity contribution in [1.82, 2.24) is 21.3 Å². The molecule has 4 aliphatic carbocycles. The Morgan fingerprint density at radius 1 is 0.333 bits per heavy atom. The van der Waals surface area contributed by atoms with E-state index in [9.17, 15) is 0 Å². The molecule has 9 fully saturated rings. The van der Waals surface area contributed by atoms with Crippen LogP contribution >= 0.6 is 0 Å². The summed E-state index contributed by atoms with van der Waals surface area (Å²) in [6, 6.07) is 5.87. The molecule has 8 bridgehead atoms. The Kier molecular flexibility index (Phi) is 9.82. The fourth-order valence-corrected chi connectivity index (χ4v) is 16.9. The van der Waals surface area contributed by atoms with Crippen LogP contribution in [0.4, 0.5) is 0 Å². The highest BCUT2D eigenvalue weighted by atomic mass is 15.2. The minimum absolute atomic E-state index is 0.727. The standard InChI is InChI=1S/C44H76N4/c1-5-13-29-33-21-22-34-30(14-6-2)39-27-19-11-12-20-28(27)40-32(16-8-4)36(48-44(40)43(39)47-34)24-23-35-31(15-7-3)38-26-18-10-9-17-25(26)37(29)41(45-33)42(38)46-35/h25-48H,5-24H2,1-4H3. The van der Waals surface area contributed by atoms with E-state index in [-0.39, 0.29) is 0 Å². The first kappa shape index (κ1) is 33.7. The molecule has 0 aromatic carbocycles. The van der Waals surface area contributed by atoms with Crippen molar-refractivity contribution in [3.63, 3.8) is 0 Å². The lowest BCUT2D eigenvalue weighted by molar-refractivity contribution is -0.00365. The van der Waals surface area contributed by atoms with Crippen LogP contribution in [-0.4, -0.2) is 48.3 Å². The van der Waals surface area contributed by atoms with Gasteiger partial charge in [0.2, 0.25) is 0 Å². The van der Waals surface area contributed by atoms with Gasteiger partial charge in [-0.25, -0.2) is 0 Å². The first-order valence-electron chi connectivity index (χ1n) is 22.7. The predicted octanol–water partition coefficient (Wildman–Crippen LogP) is 8.69. The molecular formula is C44H76N4. The SMILES string of the molecule is CCCC1C2CCC3NC4C5NC(CCC6NC7C(N2)C1C1CCCCC1C7C6CCC)C(CCC)C5C1CCCCC1C4C3CCC. The van der Waals surface area contributed by atoms with Crippen LogP contribution in [0.1, 0.15) is 156 Å². The fraction of sp³-hybridized carbons (Fsp3) is 1.00. The molecule has 0 aromatic heterocycles. The molecule has 5 aliphatic heterocycles. The Balaban J connectivity index is 1.11. The number of hydrogen-bond donors (Lipinski definition) is 4. The fourth-order valence-electron chi connectivity index (χ4n) is 16.9. The lowest BCUT2D eigenvalue weighted by Gasteiger charge is -2.52. The Morgan fingerprint density at radius 2 is 0.562 bits per heavy atom. The second kappa shape index (κ2) is 14.0. The van der Waals surface area contributed by atoms with E-state index in [0.717, 1.165) is 119 Å². The smallest absolute Gasteiger partial charge is 0.0261 e. The Labute approximate surface area is 296 Å². The van der Waals surface area contributed by atoms with Gasteiger partial charge in [0.15, 0.2) is 0 Å². The van der Waals surface area contributed by atoms with Gasteiger partial charge in [0.05, 0.1) is 0 Å². The van der Waals surface area contributed by atoms with Gasteiger partial charge in [-0.1, -0.05) is 79.1 Å². The van der Waals surface area contributed by atoms with E-state index in [4.69, 9.17) is 0 Å². The van der Waals surface area contributed by atoms with Gasteiger partial charge in [-0.05, 0) is 148 Å². The minimum atomic E-state index is 0.727. The molecule has 0 aromatic rings. The summed E-state index contributed by atoms with van der Waals surface area (Å²) in [5, 5.41) is 18.4. The Hall–Kier alpha value is -0.160. The largest absolute Gasteiger partial charge is 0.309 e. The maximum atomic E-state index is 4.60. The molecule has 4 nitrogen and oxygen atoms in total. The lowest BCUT2D eigenvalue weighted by atomic mass is 9.53. The zero-order valence-electron chi connectivity index (χ0n) is 31.7. The monoisotopic (exact) mass is 661 g/mol. The van der Waals surface area contributed by atoms with Gasteiger partial charge in [0.25, 0.3) is 0 Å². The summed E-state index contributed by atoms with van der Waals surface area (Å²) < 4.78 is 0. The molecule has 9 aliphatic rings. The predicted molar refractivity (Wildman–Crippen MR) is 200 cm³/mol. The van der Waals surface area contributed by atoms with Crippen LogP contribution in [0.3, 0.4) is 0 Å². The van der Waals surface area contributed by atoms with Gasteiger partial charge in [-0.2, -0.15) is 0 Å². The van der Waals surface area contributed by atoms with Crippen LogP contribution in [0.15, 0.2) is 0 Å². The third-order valence-electron chi connectivity index (χ3n) is 17.9. The number of rotatable bonds is 8. The number of fused-ring (bicyclic) bond motifs is 10. The number of hydrogen-bond acceptors (Lipinski definition) is 4. The molecule has 272 valence electrons. The van der Waals surface area contributed by atoms with Crippen LogP contribution in [0.2, 0.25) is 0 Å². The second-order valence-electron chi connectivity index (χ2n) is 19.7. The van der Waals surface area contributed by atoms with E-state index in [1.54, 1.807) is 0 Å². The van der Waals surface area contributed by atoms with E-state index in [1.807, 2.05) is 0 Å². The van der Waals surface area contributed by atoms with Crippen LogP contribution < -0.4 is 21.3 Å². The van der Waals surface area contributed by atoms with Crippen LogP contribution in [-0.2, 0) is 0 Å². The summed E-state index contributed by atoms with van der Waals surface area (Å²) in [6.07, 6.45) is 29.2. The molecule has 20 unspecified atom stereocenters. The molecule has 0 spiro atoms. The van der Waals surface area contributed by atoms with Gasteiger partial charge in [0.1, 0.15) is 0 Å². The lowest BCUT2D eigenvalue weighted by Crippen LogP contribution is -2.59. The van der Waals surface area contributed by atoms with E-state index >= 15 is 0 Å². The van der Waals surface area contributed by atoms with Crippen molar-refractivity contribution in [3.05, 3.63) is 0 Å². The maximum Gasteiger partial charge on any atom is 0.0261 e. The van der Waals surface area contributed by atoms with Crippen molar-refractivity contribution in [1.29, 1.82) is 0 Å². The highest BCUT2D eigenvalue weighted by Gasteiger charge is 2.64. The molecule has 9 rings (SSSR count). The Morgan fingerprint density at radius 3 is 0.771 bits per heavy atom. The highest BCUT2D eigenvalue weighted by molar-refractivity contribution is 5.20. The summed E-state index contributed by atoms with van der Waals surface area (Å²) in [5.41, 5.74) is 0. The van der Waals surface area contributed by atoms with Crippen molar-refractivity contribution in [2.45, 2.75) is 204 Å². The molecular weight excluding hydrogens is 585 g/mol. The topological polar surface area (TPSA) is 48.1 Å². The maximum absolute atomic E-state index is 4.60. The molecule has 5 heterocycles. The summed E-state index contributed by atoms with van der Waals surface area (Å²) in [5.74, 6) is 11.3. The average Bonchev–Trinajstić information content (AvgIpc) is 3.85. The molecule has 48 heavy (non-hydrogen) atoms. The van der Waals surface area contributed by atoms with Crippen molar-refractivity contribution in [2.24, 2.45) is 71.0 Å². The van der Waals surface area contributed by atoms with Crippen molar-refractivity contribution in [3.8, 4) is 0 Å². The van der Waals surface area contributed by atoms with Gasteiger partial charge >= 0.3 is 0 Å². The third kappa shape index (κ3) is 5.30. The quantitative estimate of drug-likeness (QED) is 0.210. The zero-order chi connectivity index (χ0) is 32.5. The summed E-state index contributed by atoms with van der Waals surface area (Å²) in [6.45, 7) is 9.99. The normalized spacial score (nSPS) is 55.2. The molecule has 20 atom stereocenters. The van der Waals surface area contributed by atoms with Crippen LogP contribution in [0.25, 0.3) is 0 Å². The third-order valence-corrected chi connectivity index (χ3v) is 17.9. The van der Waals surface area contributed by atoms with Crippen LogP contribution in [0, 0.1) is 71.0 Å². The van der Waals surface area contributed by atoms with Crippen molar-refractivity contribution in [2.75, 3.05) is 0 Å². The van der Waals surface area contributed by atoms with E-state index in [0.29, 0.717) is 0 Å². The van der Waals surface area contributed by atoms with Crippen molar-refractivity contribution >= 4 is 0 Å². The molecule has 4 saturated carbocycles. The first-order valence-corrected chi connectivity index (χ1v) is 22.7. The summed E-state index contributed by atoms with van der Waals surface area (Å²) in [7, 11) is 0. The second-order valence-corrected chi connectivity index (χ2v) is 19.7. The Bertz CT molecular complexity index is 926. The van der Waals surface area contributed by atoms with Crippen molar-refractivity contribution < 1.29 is 0 Å². The van der Waals surface area contributed by atoms with Gasteiger partial charge in [-0.15, -0.1) is 0 Å². The number of nitrogens with one attached hydrogen (secondary N) is 4. The highest BCUT2D eigenvalue weighted by Crippen LogP contribution is 2.61. The van der Waals surface area contributed by atoms with E-state index in [2.05, 4.69) is 49.0 Å². The van der Waals surface area contributed by atoms with E-state index in [1.165, 1.54) is 128 Å². The van der Waals surface area contributed by atoms with Gasteiger partial charge in [-0.3, -0.25) is 0 Å². The van der Waals surface area contributed by atoms with E-state index < -0.39 is 0 Å². The molecule has 0 radical (unpaired) electrons. The molecule has 4 N–H and O–H groups in total. The molecule has 5 saturated heterocycles. The minimum Gasteiger partial charge on any atom is -0.309 e. The summed E-state index contributed by atoms with van der Waals surface area (Å²) in [4.78, 5) is 0. The van der Waals surface area contributed by atoms with Gasteiger partial charge < -0.3 is 21.3 Å². The first-order chi connectivity index (χ1) is 23.7. The zero-order valence-corrected chi connectivity index (χ0v) is 31.7.